The van der Waals surface area contributed by atoms with Crippen molar-refractivity contribution in [2.45, 2.75) is 33.2 Å². The van der Waals surface area contributed by atoms with Crippen LogP contribution in [-0.4, -0.2) is 16.7 Å². The minimum absolute atomic E-state index is 0.180. The summed E-state index contributed by atoms with van der Waals surface area (Å²) in [5.74, 6) is -0.365. The van der Waals surface area contributed by atoms with Gasteiger partial charge in [-0.2, -0.15) is 0 Å². The van der Waals surface area contributed by atoms with Gasteiger partial charge in [-0.1, -0.05) is 51.1 Å². The van der Waals surface area contributed by atoms with Crippen molar-refractivity contribution >= 4 is 11.7 Å². The lowest BCUT2D eigenvalue weighted by atomic mass is 9.83. The van der Waals surface area contributed by atoms with Crippen molar-refractivity contribution in [2.24, 2.45) is 5.41 Å². The molecule has 0 spiro atoms. The number of hydrogen-bond donors (Lipinski definition) is 1. The van der Waals surface area contributed by atoms with Gasteiger partial charge in [0.05, 0.1) is 0 Å². The predicted molar refractivity (Wildman–Crippen MR) is 90.0 cm³/mol. The number of nitrogens with zero attached hydrogens (tertiary/aromatic N) is 1. The Morgan fingerprint density at radius 2 is 1.61 bits per heavy atom. The first-order valence-corrected chi connectivity index (χ1v) is 7.58. The second kappa shape index (κ2) is 6.32. The summed E-state index contributed by atoms with van der Waals surface area (Å²) < 4.78 is 0. The highest BCUT2D eigenvalue weighted by Crippen LogP contribution is 2.27. The van der Waals surface area contributed by atoms with Gasteiger partial charge in [0.2, 0.25) is 5.91 Å². The van der Waals surface area contributed by atoms with E-state index in [-0.39, 0.29) is 11.7 Å². The lowest BCUT2D eigenvalue weighted by Crippen LogP contribution is -2.52. The first kappa shape index (κ1) is 16.9. The second-order valence-corrected chi connectivity index (χ2v) is 6.77. The van der Waals surface area contributed by atoms with Crippen LogP contribution in [-0.2, 0) is 10.3 Å². The van der Waals surface area contributed by atoms with Gasteiger partial charge in [0.25, 0.3) is 0 Å². The molecular weight excluding hydrogens is 288 g/mol. The Morgan fingerprint density at radius 1 is 0.957 bits per heavy atom. The molecule has 0 bridgehead atoms. The van der Waals surface area contributed by atoms with E-state index in [0.29, 0.717) is 5.56 Å². The zero-order valence-electron chi connectivity index (χ0n) is 14.0. The number of Topliss-reactive ketones (excluding diaryl/α,β-unsaturated/α-hetero) is 1. The van der Waals surface area contributed by atoms with Crippen LogP contribution in [0.4, 0.5) is 0 Å². The van der Waals surface area contributed by atoms with Gasteiger partial charge in [0.15, 0.2) is 5.78 Å². The average molecular weight is 310 g/mol. The molecule has 2 rings (SSSR count). The molecule has 1 heterocycles. The Hall–Kier alpha value is -2.49. The van der Waals surface area contributed by atoms with Gasteiger partial charge in [0.1, 0.15) is 5.54 Å². The number of aromatic nitrogens is 1. The third-order valence-electron chi connectivity index (χ3n) is 3.77. The highest BCUT2D eigenvalue weighted by molar-refractivity contribution is 6.05. The summed E-state index contributed by atoms with van der Waals surface area (Å²) in [7, 11) is 0. The maximum Gasteiger partial charge on any atom is 0.226 e. The molecule has 23 heavy (non-hydrogen) atoms. The molecule has 0 aliphatic heterocycles. The van der Waals surface area contributed by atoms with Gasteiger partial charge in [-0.05, 0) is 24.6 Å². The minimum Gasteiger partial charge on any atom is -0.339 e. The maximum atomic E-state index is 13.1. The number of amides is 1. The lowest BCUT2D eigenvalue weighted by Gasteiger charge is -2.33. The van der Waals surface area contributed by atoms with E-state index >= 15 is 0 Å². The summed E-state index contributed by atoms with van der Waals surface area (Å²) in [4.78, 5) is 29.6. The Bertz CT molecular complexity index is 690. The summed E-state index contributed by atoms with van der Waals surface area (Å²) in [5.41, 5.74) is -0.528. The SMILES string of the molecule is CC(C)(C)C(=O)N[C@](C)(C(=O)c1cccnc1)c1ccccc1. The maximum absolute atomic E-state index is 13.1. The number of pyridine rings is 1. The fraction of sp³-hybridized carbons (Fsp3) is 0.316. The molecule has 120 valence electrons. The van der Waals surface area contributed by atoms with Crippen LogP contribution in [0.3, 0.4) is 0 Å². The zero-order chi connectivity index (χ0) is 17.1. The van der Waals surface area contributed by atoms with Crippen molar-refractivity contribution in [3.8, 4) is 0 Å². The molecule has 0 aliphatic carbocycles. The van der Waals surface area contributed by atoms with Crippen LogP contribution in [0.5, 0.6) is 0 Å². The number of nitrogens with one attached hydrogen (secondary N) is 1. The molecule has 2 aromatic rings. The van der Waals surface area contributed by atoms with E-state index < -0.39 is 11.0 Å². The van der Waals surface area contributed by atoms with Crippen LogP contribution in [0.1, 0.15) is 43.6 Å². The zero-order valence-corrected chi connectivity index (χ0v) is 14.0. The van der Waals surface area contributed by atoms with Gasteiger partial charge in [-0.25, -0.2) is 0 Å². The molecule has 0 saturated carbocycles. The van der Waals surface area contributed by atoms with Crippen molar-refractivity contribution < 1.29 is 9.59 Å². The summed E-state index contributed by atoms with van der Waals surface area (Å²) in [6, 6.07) is 12.7. The molecule has 4 heteroatoms. The van der Waals surface area contributed by atoms with Crippen LogP contribution in [0.2, 0.25) is 0 Å². The fourth-order valence-electron chi connectivity index (χ4n) is 2.23. The monoisotopic (exact) mass is 310 g/mol. The van der Waals surface area contributed by atoms with Gasteiger partial charge in [0, 0.05) is 23.4 Å². The molecule has 0 radical (unpaired) electrons. The largest absolute Gasteiger partial charge is 0.339 e. The van der Waals surface area contributed by atoms with E-state index in [9.17, 15) is 9.59 Å². The molecule has 0 fully saturated rings. The van der Waals surface area contributed by atoms with Gasteiger partial charge in [-0.3, -0.25) is 14.6 Å². The fourth-order valence-corrected chi connectivity index (χ4v) is 2.23. The topological polar surface area (TPSA) is 59.1 Å². The quantitative estimate of drug-likeness (QED) is 0.881. The second-order valence-electron chi connectivity index (χ2n) is 6.77. The summed E-state index contributed by atoms with van der Waals surface area (Å²) in [6.45, 7) is 7.20. The Balaban J connectivity index is 2.48. The van der Waals surface area contributed by atoms with Crippen LogP contribution in [0, 0.1) is 5.41 Å². The standard InChI is InChI=1S/C19H22N2O2/c1-18(2,3)17(23)21-19(4,15-10-6-5-7-11-15)16(22)14-9-8-12-20-13-14/h5-13H,1-4H3,(H,21,23)/t19-/m0/s1. The first-order chi connectivity index (χ1) is 10.7. The minimum atomic E-state index is -1.14. The van der Waals surface area contributed by atoms with Crippen LogP contribution >= 0.6 is 0 Å². The molecule has 0 unspecified atom stereocenters. The summed E-state index contributed by atoms with van der Waals surface area (Å²) in [6.07, 6.45) is 3.14. The predicted octanol–water partition coefficient (Wildman–Crippen LogP) is 3.34. The molecule has 0 saturated heterocycles. The Kier molecular flexibility index (Phi) is 4.64. The number of carbonyl (C=O) groups is 2. The Labute approximate surface area is 137 Å². The van der Waals surface area contributed by atoms with Crippen molar-refractivity contribution in [1.29, 1.82) is 0 Å². The number of benzene rings is 1. The van der Waals surface area contributed by atoms with Crippen LogP contribution in [0.25, 0.3) is 0 Å². The third kappa shape index (κ3) is 3.65. The lowest BCUT2D eigenvalue weighted by molar-refractivity contribution is -0.130. The molecule has 1 aromatic carbocycles. The normalized spacial score (nSPS) is 13.9. The summed E-state index contributed by atoms with van der Waals surface area (Å²) in [5, 5.41) is 2.93. The number of ketones is 1. The highest BCUT2D eigenvalue weighted by Gasteiger charge is 2.39. The van der Waals surface area contributed by atoms with Crippen molar-refractivity contribution in [3.05, 3.63) is 66.0 Å². The first-order valence-electron chi connectivity index (χ1n) is 7.58. The molecule has 1 atom stereocenters. The van der Waals surface area contributed by atoms with Crippen molar-refractivity contribution in [1.82, 2.24) is 10.3 Å². The Morgan fingerprint density at radius 3 is 2.13 bits per heavy atom. The van der Waals surface area contributed by atoms with Gasteiger partial charge < -0.3 is 5.32 Å². The number of rotatable bonds is 4. The smallest absolute Gasteiger partial charge is 0.226 e. The highest BCUT2D eigenvalue weighted by atomic mass is 16.2. The van der Waals surface area contributed by atoms with Crippen molar-refractivity contribution in [2.75, 3.05) is 0 Å². The average Bonchev–Trinajstić information content (AvgIpc) is 2.54. The van der Waals surface area contributed by atoms with E-state index in [1.165, 1.54) is 6.20 Å². The molecule has 1 aromatic heterocycles. The number of carbonyl (C=O) groups excluding carboxylic acids is 2. The molecule has 4 nitrogen and oxygen atoms in total. The van der Waals surface area contributed by atoms with E-state index in [2.05, 4.69) is 10.3 Å². The third-order valence-corrected chi connectivity index (χ3v) is 3.77. The molecule has 1 amide bonds. The van der Waals surface area contributed by atoms with Crippen LogP contribution in [0.15, 0.2) is 54.9 Å². The number of hydrogen-bond acceptors (Lipinski definition) is 3. The van der Waals surface area contributed by atoms with Crippen molar-refractivity contribution in [3.63, 3.8) is 0 Å². The van der Waals surface area contributed by atoms with Crippen LogP contribution < -0.4 is 5.32 Å². The molecule has 0 aliphatic rings. The van der Waals surface area contributed by atoms with Gasteiger partial charge >= 0.3 is 0 Å². The van der Waals surface area contributed by atoms with Gasteiger partial charge in [-0.15, -0.1) is 0 Å². The van der Waals surface area contributed by atoms with E-state index in [4.69, 9.17) is 0 Å². The molecular formula is C19H22N2O2. The molecule has 1 N–H and O–H groups in total. The van der Waals surface area contributed by atoms with E-state index in [1.807, 2.05) is 51.1 Å². The summed E-state index contributed by atoms with van der Waals surface area (Å²) >= 11 is 0. The van der Waals surface area contributed by atoms with E-state index in [1.54, 1.807) is 25.3 Å². The van der Waals surface area contributed by atoms with E-state index in [0.717, 1.165) is 5.56 Å².